The molecular weight excluding hydrogens is 391 g/mol. The van der Waals surface area contributed by atoms with E-state index in [0.717, 1.165) is 11.3 Å². The Bertz CT molecular complexity index is 810. The third-order valence-corrected chi connectivity index (χ3v) is 5.55. The lowest BCUT2D eigenvalue weighted by atomic mass is 9.64. The van der Waals surface area contributed by atoms with Crippen LogP contribution >= 0.6 is 0 Å². The average Bonchev–Trinajstić information content (AvgIpc) is 2.84. The number of carbonyl (C=O) groups excluding carboxylic acids is 3. The Morgan fingerprint density at radius 2 is 1.90 bits per heavy atom. The van der Waals surface area contributed by atoms with Crippen molar-refractivity contribution in [1.29, 1.82) is 0 Å². The van der Waals surface area contributed by atoms with E-state index in [4.69, 9.17) is 9.47 Å². The zero-order chi connectivity index (χ0) is 21.9. The van der Waals surface area contributed by atoms with Crippen LogP contribution in [0.1, 0.15) is 46.5 Å². The Morgan fingerprint density at radius 3 is 2.57 bits per heavy atom. The lowest BCUT2D eigenvalue weighted by molar-refractivity contribution is -0.148. The van der Waals surface area contributed by atoms with Crippen LogP contribution in [0, 0.1) is 17.2 Å². The number of benzene rings is 1. The van der Waals surface area contributed by atoms with Crippen LogP contribution < -0.4 is 10.1 Å². The molecule has 0 aromatic heterocycles. The van der Waals surface area contributed by atoms with E-state index in [1.165, 1.54) is 24.3 Å². The molecule has 0 bridgehead atoms. The molecule has 1 heterocycles. The zero-order valence-electron chi connectivity index (χ0n) is 17.7. The first-order chi connectivity index (χ1) is 14.1. The number of nitrogens with one attached hydrogen (secondary N) is 1. The van der Waals surface area contributed by atoms with Gasteiger partial charge < -0.3 is 14.8 Å². The first-order valence-corrected chi connectivity index (χ1v) is 10.3. The lowest BCUT2D eigenvalue weighted by Crippen LogP contribution is -2.54. The minimum absolute atomic E-state index is 0.0678. The molecule has 2 fully saturated rings. The van der Waals surface area contributed by atoms with Gasteiger partial charge in [0, 0.05) is 6.42 Å². The third-order valence-electron chi connectivity index (χ3n) is 5.55. The van der Waals surface area contributed by atoms with Gasteiger partial charge in [0.05, 0.1) is 13.2 Å². The molecule has 30 heavy (non-hydrogen) atoms. The average molecular weight is 420 g/mol. The van der Waals surface area contributed by atoms with Crippen molar-refractivity contribution in [1.82, 2.24) is 10.2 Å². The highest BCUT2D eigenvalue weighted by molar-refractivity contribution is 6.08. The minimum Gasteiger partial charge on any atom is -0.493 e. The van der Waals surface area contributed by atoms with Crippen LogP contribution in [0.3, 0.4) is 0 Å². The second kappa shape index (κ2) is 8.62. The zero-order valence-corrected chi connectivity index (χ0v) is 17.7. The van der Waals surface area contributed by atoms with Crippen molar-refractivity contribution < 1.29 is 28.2 Å². The van der Waals surface area contributed by atoms with E-state index in [2.05, 4.69) is 26.1 Å². The number of hydrogen-bond acceptors (Lipinski definition) is 5. The van der Waals surface area contributed by atoms with E-state index >= 15 is 0 Å². The molecule has 164 valence electrons. The predicted molar refractivity (Wildman–Crippen MR) is 107 cm³/mol. The monoisotopic (exact) mass is 420 g/mol. The van der Waals surface area contributed by atoms with Gasteiger partial charge in [0.2, 0.25) is 0 Å². The first-order valence-electron chi connectivity index (χ1n) is 10.3. The topological polar surface area (TPSA) is 84.9 Å². The quantitative estimate of drug-likeness (QED) is 0.416. The van der Waals surface area contributed by atoms with Gasteiger partial charge in [-0.05, 0) is 54.9 Å². The van der Waals surface area contributed by atoms with Crippen molar-refractivity contribution >= 4 is 17.9 Å². The smallest absolute Gasteiger partial charge is 0.326 e. The van der Waals surface area contributed by atoms with E-state index < -0.39 is 24.1 Å². The molecule has 1 saturated heterocycles. The van der Waals surface area contributed by atoms with E-state index in [1.54, 1.807) is 0 Å². The summed E-state index contributed by atoms with van der Waals surface area (Å²) in [6.45, 7) is 6.24. The summed E-state index contributed by atoms with van der Waals surface area (Å²) in [5, 5.41) is 2.84. The predicted octanol–water partition coefficient (Wildman–Crippen LogP) is 3.27. The number of halogens is 1. The van der Waals surface area contributed by atoms with Gasteiger partial charge in [0.25, 0.3) is 5.91 Å². The van der Waals surface area contributed by atoms with Gasteiger partial charge >= 0.3 is 12.0 Å². The van der Waals surface area contributed by atoms with Gasteiger partial charge in [-0.15, -0.1) is 0 Å². The second-order valence-electron chi connectivity index (χ2n) is 9.13. The van der Waals surface area contributed by atoms with Crippen molar-refractivity contribution in [3.8, 4) is 5.75 Å². The van der Waals surface area contributed by atoms with Crippen molar-refractivity contribution in [2.45, 2.75) is 52.0 Å². The molecule has 1 aliphatic heterocycles. The highest BCUT2D eigenvalue weighted by Gasteiger charge is 2.56. The minimum atomic E-state index is -0.929. The lowest BCUT2D eigenvalue weighted by Gasteiger charge is -2.43. The van der Waals surface area contributed by atoms with E-state index in [1.807, 2.05) is 0 Å². The fraction of sp³-hybridized carbons (Fsp3) is 0.591. The Morgan fingerprint density at radius 1 is 1.20 bits per heavy atom. The van der Waals surface area contributed by atoms with Gasteiger partial charge in [0.1, 0.15) is 23.7 Å². The normalized spacial score (nSPS) is 25.3. The van der Waals surface area contributed by atoms with Crippen molar-refractivity contribution in [3.63, 3.8) is 0 Å². The van der Waals surface area contributed by atoms with Crippen LogP contribution in [0.2, 0.25) is 0 Å². The molecular formula is C22H29FN2O5. The SMILES string of the molecule is C[C@@H]1CC(C)(C)C[C@]2(C1)NC(=O)N(CC(=O)OCCCOc1ccc(F)cc1)C2=O. The Balaban J connectivity index is 1.45. The molecule has 0 unspecified atom stereocenters. The molecule has 1 aliphatic carbocycles. The molecule has 1 saturated carbocycles. The van der Waals surface area contributed by atoms with E-state index in [9.17, 15) is 18.8 Å². The summed E-state index contributed by atoms with van der Waals surface area (Å²) in [5.74, 6) is -0.503. The van der Waals surface area contributed by atoms with Crippen LogP contribution in [-0.2, 0) is 14.3 Å². The van der Waals surface area contributed by atoms with Crippen LogP contribution in [-0.4, -0.2) is 48.1 Å². The molecule has 3 rings (SSSR count). The van der Waals surface area contributed by atoms with E-state index in [0.29, 0.717) is 30.9 Å². The molecule has 1 spiro atoms. The largest absolute Gasteiger partial charge is 0.493 e. The number of esters is 1. The summed E-state index contributed by atoms with van der Waals surface area (Å²) in [6, 6.07) is 5.09. The molecule has 1 aromatic carbocycles. The molecule has 1 N–H and O–H groups in total. The highest BCUT2D eigenvalue weighted by Crippen LogP contribution is 2.46. The highest BCUT2D eigenvalue weighted by atomic mass is 19.1. The molecule has 0 radical (unpaired) electrons. The molecule has 2 atom stereocenters. The maximum Gasteiger partial charge on any atom is 0.326 e. The van der Waals surface area contributed by atoms with Crippen LogP contribution in [0.25, 0.3) is 0 Å². The number of rotatable bonds is 7. The van der Waals surface area contributed by atoms with Gasteiger partial charge in [-0.3, -0.25) is 14.5 Å². The summed E-state index contributed by atoms with van der Waals surface area (Å²) in [4.78, 5) is 38.5. The summed E-state index contributed by atoms with van der Waals surface area (Å²) >= 11 is 0. The fourth-order valence-electron chi connectivity index (χ4n) is 4.79. The van der Waals surface area contributed by atoms with Crippen molar-refractivity contribution in [3.05, 3.63) is 30.1 Å². The molecule has 7 nitrogen and oxygen atoms in total. The third kappa shape index (κ3) is 5.09. The Labute approximate surface area is 175 Å². The van der Waals surface area contributed by atoms with Gasteiger partial charge in [0.15, 0.2) is 0 Å². The number of hydrogen-bond donors (Lipinski definition) is 1. The first kappa shape index (κ1) is 22.1. The summed E-state index contributed by atoms with van der Waals surface area (Å²) in [5.41, 5.74) is -0.997. The molecule has 2 aliphatic rings. The second-order valence-corrected chi connectivity index (χ2v) is 9.13. The Hall–Kier alpha value is -2.64. The Kier molecular flexibility index (Phi) is 6.33. The molecule has 3 amide bonds. The van der Waals surface area contributed by atoms with Crippen molar-refractivity contribution in [2.75, 3.05) is 19.8 Å². The summed E-state index contributed by atoms with van der Waals surface area (Å²) in [7, 11) is 0. The van der Waals surface area contributed by atoms with Gasteiger partial charge in [-0.25, -0.2) is 9.18 Å². The van der Waals surface area contributed by atoms with Crippen LogP contribution in [0.4, 0.5) is 9.18 Å². The van der Waals surface area contributed by atoms with Crippen LogP contribution in [0.15, 0.2) is 24.3 Å². The number of nitrogens with zero attached hydrogens (tertiary/aromatic N) is 1. The number of ether oxygens (including phenoxy) is 2. The van der Waals surface area contributed by atoms with Gasteiger partial charge in [-0.1, -0.05) is 20.8 Å². The van der Waals surface area contributed by atoms with E-state index in [-0.39, 0.29) is 30.4 Å². The molecule has 8 heteroatoms. The maximum atomic E-state index is 13.0. The van der Waals surface area contributed by atoms with Gasteiger partial charge in [-0.2, -0.15) is 0 Å². The fourth-order valence-corrected chi connectivity index (χ4v) is 4.79. The number of carbonyl (C=O) groups is 3. The number of urea groups is 1. The summed E-state index contributed by atoms with van der Waals surface area (Å²) < 4.78 is 23.4. The van der Waals surface area contributed by atoms with Crippen LogP contribution in [0.5, 0.6) is 5.75 Å². The standard InChI is InChI=1S/C22H29FN2O5/c1-15-11-21(2,3)14-22(12-15)19(27)25(20(28)24-22)13-18(26)30-10-4-9-29-17-7-5-16(23)6-8-17/h5-8,15H,4,9-14H2,1-3H3,(H,24,28)/t15-,22+/m1/s1. The number of imide groups is 1. The number of amides is 3. The maximum absolute atomic E-state index is 13.0. The molecule has 1 aromatic rings. The summed E-state index contributed by atoms with van der Waals surface area (Å²) in [6.07, 6.45) is 2.55. The van der Waals surface area contributed by atoms with Crippen molar-refractivity contribution in [2.24, 2.45) is 11.3 Å².